The van der Waals surface area contributed by atoms with E-state index >= 15 is 0 Å². The first-order valence-corrected chi connectivity index (χ1v) is 8.13. The zero-order valence-electron chi connectivity index (χ0n) is 11.7. The van der Waals surface area contributed by atoms with E-state index in [2.05, 4.69) is 21.5 Å². The molecule has 2 heterocycles. The van der Waals surface area contributed by atoms with Crippen molar-refractivity contribution in [2.75, 3.05) is 24.4 Å². The Morgan fingerprint density at radius 2 is 2.05 bits per heavy atom. The summed E-state index contributed by atoms with van der Waals surface area (Å²) >= 11 is 0. The van der Waals surface area contributed by atoms with Crippen molar-refractivity contribution in [1.29, 1.82) is 0 Å². The minimum atomic E-state index is -4.19. The highest BCUT2D eigenvalue weighted by molar-refractivity contribution is 7.51. The van der Waals surface area contributed by atoms with Gasteiger partial charge in [-0.25, -0.2) is 4.98 Å². The van der Waals surface area contributed by atoms with E-state index in [0.29, 0.717) is 23.4 Å². The summed E-state index contributed by atoms with van der Waals surface area (Å²) < 4.78 is 17.4. The number of hydrogen-bond acceptors (Lipinski definition) is 7. The molecule has 0 unspecified atom stereocenters. The van der Waals surface area contributed by atoms with E-state index in [1.54, 1.807) is 10.6 Å². The fraction of sp³-hybridized carbons (Fsp3) is 0.364. The highest BCUT2D eigenvalue weighted by Gasteiger charge is 2.16. The summed E-state index contributed by atoms with van der Waals surface area (Å²) in [5.41, 5.74) is 12.2. The third-order valence-corrected chi connectivity index (χ3v) is 3.28. The third-order valence-electron chi connectivity index (χ3n) is 2.76. The van der Waals surface area contributed by atoms with Crippen LogP contribution in [0, 0.1) is 0 Å². The number of anilines is 2. The van der Waals surface area contributed by atoms with Crippen LogP contribution in [0.15, 0.2) is 12.7 Å². The van der Waals surface area contributed by atoms with E-state index in [0.717, 1.165) is 0 Å². The van der Waals surface area contributed by atoms with Crippen molar-refractivity contribution in [2.24, 2.45) is 0 Å². The summed E-state index contributed by atoms with van der Waals surface area (Å²) in [6.07, 6.45) is 1.49. The van der Waals surface area contributed by atoms with E-state index in [1.807, 2.05) is 0 Å². The first kappa shape index (κ1) is 16.4. The molecule has 2 aromatic heterocycles. The molecule has 0 amide bonds. The van der Waals surface area contributed by atoms with Crippen LogP contribution in [0.5, 0.6) is 0 Å². The Morgan fingerprint density at radius 3 is 2.68 bits per heavy atom. The second-order valence-electron chi connectivity index (χ2n) is 4.51. The van der Waals surface area contributed by atoms with Gasteiger partial charge in [0.1, 0.15) is 12.2 Å². The monoisotopic (exact) mass is 328 g/mol. The number of allylic oxidation sites excluding steroid dienone is 1. The lowest BCUT2D eigenvalue weighted by atomic mass is 10.4. The van der Waals surface area contributed by atoms with Crippen LogP contribution in [0.25, 0.3) is 11.2 Å². The van der Waals surface area contributed by atoms with Gasteiger partial charge in [-0.1, -0.05) is 6.08 Å². The van der Waals surface area contributed by atoms with E-state index in [4.69, 9.17) is 26.0 Å². The van der Waals surface area contributed by atoms with Gasteiger partial charge in [0.15, 0.2) is 17.0 Å². The molecular weight excluding hydrogens is 311 g/mol. The summed E-state index contributed by atoms with van der Waals surface area (Å²) in [5.74, 6) is 0.825. The molecule has 6 N–H and O–H groups in total. The molecule has 0 aromatic carbocycles. The van der Waals surface area contributed by atoms with Gasteiger partial charge in [0.05, 0.1) is 6.61 Å². The van der Waals surface area contributed by atoms with Crippen molar-refractivity contribution in [3.63, 3.8) is 0 Å². The molecule has 0 saturated carbocycles. The number of imidazole rings is 1. The maximum atomic E-state index is 10.7. The first-order chi connectivity index (χ1) is 10.3. The molecule has 11 heteroatoms. The first-order valence-electron chi connectivity index (χ1n) is 6.33. The second kappa shape index (κ2) is 6.41. The van der Waals surface area contributed by atoms with E-state index in [-0.39, 0.29) is 24.9 Å². The van der Waals surface area contributed by atoms with Gasteiger partial charge in [-0.05, 0) is 0 Å². The van der Waals surface area contributed by atoms with Crippen molar-refractivity contribution in [3.05, 3.63) is 18.5 Å². The molecule has 0 fully saturated rings. The highest BCUT2D eigenvalue weighted by Crippen LogP contribution is 2.33. The fourth-order valence-corrected chi connectivity index (χ4v) is 2.31. The lowest BCUT2D eigenvalue weighted by Crippen LogP contribution is -2.11. The van der Waals surface area contributed by atoms with Gasteiger partial charge < -0.3 is 30.6 Å². The Labute approximate surface area is 126 Å². The number of fused-ring (bicyclic) bond motifs is 1. The molecule has 22 heavy (non-hydrogen) atoms. The van der Waals surface area contributed by atoms with Gasteiger partial charge in [-0.3, -0.25) is 4.57 Å². The van der Waals surface area contributed by atoms with Gasteiger partial charge in [0, 0.05) is 13.0 Å². The van der Waals surface area contributed by atoms with Gasteiger partial charge in [-0.2, -0.15) is 9.97 Å². The van der Waals surface area contributed by atoms with Crippen molar-refractivity contribution in [2.45, 2.75) is 13.0 Å². The van der Waals surface area contributed by atoms with Crippen LogP contribution < -0.4 is 11.5 Å². The van der Waals surface area contributed by atoms with Gasteiger partial charge >= 0.3 is 7.60 Å². The molecule has 2 aromatic rings. The lowest BCUT2D eigenvalue weighted by Gasteiger charge is -2.09. The Balaban J connectivity index is 2.27. The molecule has 0 atom stereocenters. The molecule has 0 bridgehead atoms. The van der Waals surface area contributed by atoms with Crippen molar-refractivity contribution >= 4 is 30.5 Å². The molecule has 0 spiro atoms. The summed E-state index contributed by atoms with van der Waals surface area (Å²) in [6, 6.07) is 0. The topological polar surface area (TPSA) is 162 Å². The van der Waals surface area contributed by atoms with E-state index in [1.165, 1.54) is 0 Å². The Morgan fingerprint density at radius 1 is 1.32 bits per heavy atom. The SMILES string of the molecule is C=CCc1nc2c(N)nc(N)nc2n1CCOCP(=O)(O)O. The zero-order chi connectivity index (χ0) is 16.3. The third kappa shape index (κ3) is 3.80. The van der Waals surface area contributed by atoms with Gasteiger partial charge in [-0.15, -0.1) is 6.58 Å². The maximum absolute atomic E-state index is 10.7. The number of rotatable bonds is 7. The van der Waals surface area contributed by atoms with Crippen molar-refractivity contribution < 1.29 is 19.1 Å². The van der Waals surface area contributed by atoms with Crippen LogP contribution in [0.2, 0.25) is 0 Å². The Kier molecular flexibility index (Phi) is 4.77. The Bertz CT molecular complexity index is 740. The highest BCUT2D eigenvalue weighted by atomic mass is 31.2. The predicted molar refractivity (Wildman–Crippen MR) is 80.9 cm³/mol. The molecule has 10 nitrogen and oxygen atoms in total. The Hall–Kier alpha value is -2.00. The summed E-state index contributed by atoms with van der Waals surface area (Å²) in [7, 11) is -4.19. The number of hydrogen-bond donors (Lipinski definition) is 4. The molecule has 120 valence electrons. The lowest BCUT2D eigenvalue weighted by molar-refractivity contribution is 0.149. The summed E-state index contributed by atoms with van der Waals surface area (Å²) in [5, 5.41) is 0. The maximum Gasteiger partial charge on any atom is 0.350 e. The quantitative estimate of drug-likeness (QED) is 0.308. The molecule has 0 saturated heterocycles. The largest absolute Gasteiger partial charge is 0.382 e. The predicted octanol–water partition coefficient (Wildman–Crippen LogP) is -0.129. The smallest absolute Gasteiger partial charge is 0.350 e. The van der Waals surface area contributed by atoms with Crippen LogP contribution in [0.3, 0.4) is 0 Å². The van der Waals surface area contributed by atoms with Crippen LogP contribution in [0.4, 0.5) is 11.8 Å². The molecule has 0 aliphatic heterocycles. The summed E-state index contributed by atoms with van der Waals surface area (Å²) in [4.78, 5) is 29.8. The normalized spacial score (nSPS) is 11.9. The van der Waals surface area contributed by atoms with Crippen molar-refractivity contribution in [1.82, 2.24) is 19.5 Å². The number of nitrogens with two attached hydrogens (primary N) is 2. The van der Waals surface area contributed by atoms with Crippen LogP contribution in [-0.4, -0.2) is 42.3 Å². The minimum absolute atomic E-state index is 0.0208. The fourth-order valence-electron chi connectivity index (χ4n) is 1.94. The number of ether oxygens (including phenoxy) is 1. The molecule has 2 rings (SSSR count). The number of nitrogen functional groups attached to an aromatic ring is 2. The van der Waals surface area contributed by atoms with E-state index < -0.39 is 13.9 Å². The van der Waals surface area contributed by atoms with E-state index in [9.17, 15) is 4.57 Å². The second-order valence-corrected chi connectivity index (χ2v) is 6.10. The molecule has 0 radical (unpaired) electrons. The average Bonchev–Trinajstić information content (AvgIpc) is 2.73. The van der Waals surface area contributed by atoms with Crippen LogP contribution in [-0.2, 0) is 22.3 Å². The molecule has 0 aliphatic carbocycles. The van der Waals surface area contributed by atoms with Gasteiger partial charge in [0.2, 0.25) is 5.95 Å². The van der Waals surface area contributed by atoms with Crippen molar-refractivity contribution in [3.8, 4) is 0 Å². The minimum Gasteiger partial charge on any atom is -0.382 e. The zero-order valence-corrected chi connectivity index (χ0v) is 12.6. The summed E-state index contributed by atoms with van der Waals surface area (Å²) in [6.45, 7) is 4.02. The molecular formula is C11H17N6O4P. The van der Waals surface area contributed by atoms with Gasteiger partial charge in [0.25, 0.3) is 0 Å². The van der Waals surface area contributed by atoms with Crippen LogP contribution in [0.1, 0.15) is 5.82 Å². The number of nitrogens with zero attached hydrogens (tertiary/aromatic N) is 4. The standard InChI is InChI=1S/C11H17N6O4P/c1-2-3-7-14-8-9(12)15-11(13)16-10(8)17(7)4-5-21-6-22(18,19)20/h2H,1,3-6H2,(H2,18,19,20)(H4,12,13,15,16). The number of aromatic nitrogens is 4. The average molecular weight is 328 g/mol. The van der Waals surface area contributed by atoms with Crippen LogP contribution >= 0.6 is 7.60 Å². The molecule has 0 aliphatic rings.